The highest BCUT2D eigenvalue weighted by Gasteiger charge is 2.21. The van der Waals surface area contributed by atoms with Crippen LogP contribution in [0.3, 0.4) is 0 Å². The molecule has 1 rings (SSSR count). The maximum absolute atomic E-state index is 10.9. The minimum Gasteiger partial charge on any atom is -0.477 e. The number of carboxylic acid groups (broad SMARTS) is 1. The molecule has 82 valence electrons. The van der Waals surface area contributed by atoms with Crippen molar-refractivity contribution >= 4 is 5.97 Å². The average Bonchev–Trinajstić information content (AvgIpc) is 2.18. The van der Waals surface area contributed by atoms with Crippen molar-refractivity contribution in [1.82, 2.24) is 4.98 Å². The molecule has 1 aromatic rings. The van der Waals surface area contributed by atoms with Crippen LogP contribution >= 0.6 is 0 Å². The number of rotatable bonds is 4. The Morgan fingerprint density at radius 3 is 2.80 bits per heavy atom. The second-order valence-corrected chi connectivity index (χ2v) is 3.88. The van der Waals surface area contributed by atoms with Crippen LogP contribution in [0.4, 0.5) is 0 Å². The average molecular weight is 209 g/mol. The van der Waals surface area contributed by atoms with Gasteiger partial charge in [-0.05, 0) is 32.4 Å². The number of nitrogens with zero attached hydrogens (tertiary/aromatic N) is 1. The van der Waals surface area contributed by atoms with Crippen LogP contribution in [-0.4, -0.2) is 21.7 Å². The van der Waals surface area contributed by atoms with Crippen molar-refractivity contribution < 1.29 is 14.6 Å². The molecule has 15 heavy (non-hydrogen) atoms. The summed E-state index contributed by atoms with van der Waals surface area (Å²) in [5.41, 5.74) is -0.308. The van der Waals surface area contributed by atoms with E-state index in [4.69, 9.17) is 9.84 Å². The van der Waals surface area contributed by atoms with Crippen molar-refractivity contribution in [1.29, 1.82) is 0 Å². The van der Waals surface area contributed by atoms with Gasteiger partial charge in [-0.2, -0.15) is 0 Å². The van der Waals surface area contributed by atoms with Gasteiger partial charge in [0.1, 0.15) is 11.2 Å². The van der Waals surface area contributed by atoms with Crippen molar-refractivity contribution in [2.45, 2.75) is 32.8 Å². The Bertz CT molecular complexity index is 361. The molecule has 0 amide bonds. The molecule has 0 bridgehead atoms. The van der Waals surface area contributed by atoms with E-state index >= 15 is 0 Å². The molecule has 0 unspecified atom stereocenters. The molecule has 1 N–H and O–H groups in total. The molecule has 1 aromatic heterocycles. The Hall–Kier alpha value is -1.58. The SMILES string of the molecule is CCC(C)(C)Oc1ncccc1C(=O)O. The molecule has 0 aliphatic heterocycles. The van der Waals surface area contributed by atoms with Crippen LogP contribution in [0.25, 0.3) is 0 Å². The predicted octanol–water partition coefficient (Wildman–Crippen LogP) is 2.35. The van der Waals surface area contributed by atoms with Crippen molar-refractivity contribution in [3.05, 3.63) is 23.9 Å². The van der Waals surface area contributed by atoms with Gasteiger partial charge in [0, 0.05) is 6.20 Å². The largest absolute Gasteiger partial charge is 0.477 e. The summed E-state index contributed by atoms with van der Waals surface area (Å²) in [5.74, 6) is -0.846. The summed E-state index contributed by atoms with van der Waals surface area (Å²) in [6.07, 6.45) is 2.30. The molecule has 0 spiro atoms. The van der Waals surface area contributed by atoms with Crippen LogP contribution in [-0.2, 0) is 0 Å². The molecule has 4 nitrogen and oxygen atoms in total. The molecule has 1 heterocycles. The molecule has 0 aromatic carbocycles. The monoisotopic (exact) mass is 209 g/mol. The van der Waals surface area contributed by atoms with E-state index in [1.807, 2.05) is 20.8 Å². The van der Waals surface area contributed by atoms with Gasteiger partial charge in [0.25, 0.3) is 0 Å². The summed E-state index contributed by atoms with van der Waals surface area (Å²) in [6, 6.07) is 3.06. The van der Waals surface area contributed by atoms with Crippen molar-refractivity contribution in [2.75, 3.05) is 0 Å². The van der Waals surface area contributed by atoms with E-state index in [2.05, 4.69) is 4.98 Å². The summed E-state index contributed by atoms with van der Waals surface area (Å²) in [7, 11) is 0. The van der Waals surface area contributed by atoms with E-state index in [0.717, 1.165) is 6.42 Å². The zero-order valence-electron chi connectivity index (χ0n) is 9.15. The summed E-state index contributed by atoms with van der Waals surface area (Å²) < 4.78 is 5.55. The molecular weight excluding hydrogens is 194 g/mol. The van der Waals surface area contributed by atoms with Gasteiger partial charge in [-0.25, -0.2) is 9.78 Å². The molecule has 0 saturated carbocycles. The van der Waals surface area contributed by atoms with Gasteiger partial charge >= 0.3 is 5.97 Å². The van der Waals surface area contributed by atoms with Crippen molar-refractivity contribution in [3.63, 3.8) is 0 Å². The number of hydrogen-bond acceptors (Lipinski definition) is 3. The maximum atomic E-state index is 10.9. The number of ether oxygens (including phenoxy) is 1. The molecule has 0 atom stereocenters. The highest BCUT2D eigenvalue weighted by atomic mass is 16.5. The van der Waals surface area contributed by atoms with Gasteiger partial charge in [-0.1, -0.05) is 6.92 Å². The molecule has 0 aliphatic carbocycles. The van der Waals surface area contributed by atoms with Crippen LogP contribution in [0.5, 0.6) is 5.88 Å². The first-order chi connectivity index (χ1) is 6.96. The molecule has 0 saturated heterocycles. The molecule has 0 aliphatic rings. The predicted molar refractivity (Wildman–Crippen MR) is 56.2 cm³/mol. The summed E-state index contributed by atoms with van der Waals surface area (Å²) in [4.78, 5) is 14.8. The fourth-order valence-electron chi connectivity index (χ4n) is 0.969. The van der Waals surface area contributed by atoms with E-state index < -0.39 is 11.6 Å². The Labute approximate surface area is 88.9 Å². The number of aromatic carboxylic acids is 1. The van der Waals surface area contributed by atoms with Gasteiger partial charge in [0.2, 0.25) is 5.88 Å². The number of carbonyl (C=O) groups is 1. The van der Waals surface area contributed by atoms with Gasteiger partial charge < -0.3 is 9.84 Å². The van der Waals surface area contributed by atoms with Crippen LogP contribution < -0.4 is 4.74 Å². The molecule has 4 heteroatoms. The lowest BCUT2D eigenvalue weighted by Crippen LogP contribution is -2.28. The highest BCUT2D eigenvalue weighted by Crippen LogP contribution is 2.22. The Morgan fingerprint density at radius 2 is 2.27 bits per heavy atom. The molecule has 0 fully saturated rings. The van der Waals surface area contributed by atoms with Crippen LogP contribution in [0, 0.1) is 0 Å². The number of carboxylic acids is 1. The quantitative estimate of drug-likeness (QED) is 0.826. The lowest BCUT2D eigenvalue weighted by molar-refractivity contribution is 0.0664. The Morgan fingerprint density at radius 1 is 1.60 bits per heavy atom. The smallest absolute Gasteiger partial charge is 0.341 e. The van der Waals surface area contributed by atoms with Crippen LogP contribution in [0.15, 0.2) is 18.3 Å². The lowest BCUT2D eigenvalue weighted by Gasteiger charge is -2.24. The van der Waals surface area contributed by atoms with Gasteiger partial charge in [0.15, 0.2) is 0 Å². The maximum Gasteiger partial charge on any atom is 0.341 e. The fraction of sp³-hybridized carbons (Fsp3) is 0.455. The fourth-order valence-corrected chi connectivity index (χ4v) is 0.969. The summed E-state index contributed by atoms with van der Waals surface area (Å²) >= 11 is 0. The third-order valence-electron chi connectivity index (χ3n) is 2.23. The van der Waals surface area contributed by atoms with E-state index in [-0.39, 0.29) is 11.4 Å². The van der Waals surface area contributed by atoms with Crippen molar-refractivity contribution in [2.24, 2.45) is 0 Å². The number of pyridine rings is 1. The minimum absolute atomic E-state index is 0.0963. The van der Waals surface area contributed by atoms with Crippen molar-refractivity contribution in [3.8, 4) is 5.88 Å². The number of hydrogen-bond donors (Lipinski definition) is 1. The zero-order valence-corrected chi connectivity index (χ0v) is 9.15. The van der Waals surface area contributed by atoms with Gasteiger partial charge in [-0.3, -0.25) is 0 Å². The molecular formula is C11H15NO3. The first-order valence-corrected chi connectivity index (χ1v) is 4.83. The van der Waals surface area contributed by atoms with E-state index in [1.54, 1.807) is 6.07 Å². The lowest BCUT2D eigenvalue weighted by atomic mass is 10.1. The first kappa shape index (κ1) is 11.5. The van der Waals surface area contributed by atoms with E-state index in [9.17, 15) is 4.79 Å². The van der Waals surface area contributed by atoms with E-state index in [0.29, 0.717) is 0 Å². The Balaban J connectivity index is 2.99. The minimum atomic E-state index is -1.02. The highest BCUT2D eigenvalue weighted by molar-refractivity contribution is 5.90. The van der Waals surface area contributed by atoms with Crippen LogP contribution in [0.2, 0.25) is 0 Å². The zero-order chi connectivity index (χ0) is 11.5. The van der Waals surface area contributed by atoms with E-state index in [1.165, 1.54) is 12.3 Å². The van der Waals surface area contributed by atoms with Gasteiger partial charge in [0.05, 0.1) is 0 Å². The second-order valence-electron chi connectivity index (χ2n) is 3.88. The molecule has 0 radical (unpaired) electrons. The standard InChI is InChI=1S/C11H15NO3/c1-4-11(2,3)15-9-8(10(13)14)6-5-7-12-9/h5-7H,4H2,1-3H3,(H,13,14). The first-order valence-electron chi connectivity index (χ1n) is 4.83. The number of aromatic nitrogens is 1. The Kier molecular flexibility index (Phi) is 3.29. The summed E-state index contributed by atoms with van der Waals surface area (Å²) in [6.45, 7) is 5.77. The third kappa shape index (κ3) is 2.94. The van der Waals surface area contributed by atoms with Gasteiger partial charge in [-0.15, -0.1) is 0 Å². The topological polar surface area (TPSA) is 59.4 Å². The summed E-state index contributed by atoms with van der Waals surface area (Å²) in [5, 5.41) is 8.92. The second kappa shape index (κ2) is 4.29. The third-order valence-corrected chi connectivity index (χ3v) is 2.23. The van der Waals surface area contributed by atoms with Crippen LogP contribution in [0.1, 0.15) is 37.6 Å². The normalized spacial score (nSPS) is 11.1.